The van der Waals surface area contributed by atoms with E-state index in [1.807, 2.05) is 24.4 Å². The van der Waals surface area contributed by atoms with Crippen molar-refractivity contribution >= 4 is 11.2 Å². The van der Waals surface area contributed by atoms with Gasteiger partial charge in [-0.15, -0.1) is 0 Å². The van der Waals surface area contributed by atoms with Gasteiger partial charge in [-0.2, -0.15) is 10.4 Å². The van der Waals surface area contributed by atoms with E-state index < -0.39 is 0 Å². The Labute approximate surface area is 166 Å². The van der Waals surface area contributed by atoms with Gasteiger partial charge in [-0.05, 0) is 12.1 Å². The molecule has 0 aromatic carbocycles. The maximum absolute atomic E-state index is 9.62. The monoisotopic (exact) mass is 386 g/mol. The molecule has 0 bridgehead atoms. The second-order valence-electron chi connectivity index (χ2n) is 6.76. The summed E-state index contributed by atoms with van der Waals surface area (Å²) >= 11 is 0. The zero-order valence-electron chi connectivity index (χ0n) is 15.6. The number of nitrogens with one attached hydrogen (secondary N) is 1. The van der Waals surface area contributed by atoms with Crippen LogP contribution < -0.4 is 0 Å². The Morgan fingerprint density at radius 2 is 2.00 bits per heavy atom. The van der Waals surface area contributed by atoms with Crippen molar-refractivity contribution in [2.45, 2.75) is 6.04 Å². The lowest BCUT2D eigenvalue weighted by Crippen LogP contribution is -2.38. The van der Waals surface area contributed by atoms with Crippen molar-refractivity contribution in [3.05, 3.63) is 54.9 Å². The number of nitriles is 1. The van der Waals surface area contributed by atoms with Crippen LogP contribution in [0.1, 0.15) is 11.6 Å². The van der Waals surface area contributed by atoms with Crippen LogP contribution in [0.25, 0.3) is 28.1 Å². The first kappa shape index (κ1) is 17.5. The van der Waals surface area contributed by atoms with E-state index in [0.29, 0.717) is 19.0 Å². The Morgan fingerprint density at radius 3 is 2.79 bits per heavy atom. The fraction of sp³-hybridized carbons (Fsp3) is 0.250. The van der Waals surface area contributed by atoms with Crippen molar-refractivity contribution in [3.8, 4) is 23.0 Å². The molecule has 0 radical (unpaired) electrons. The number of hydrogen-bond acceptors (Lipinski definition) is 7. The first-order valence-electron chi connectivity index (χ1n) is 9.34. The fourth-order valence-corrected chi connectivity index (χ4v) is 3.57. The van der Waals surface area contributed by atoms with Gasteiger partial charge in [0.2, 0.25) is 0 Å². The molecule has 0 spiro atoms. The zero-order chi connectivity index (χ0) is 19.6. The fourth-order valence-electron chi connectivity index (χ4n) is 3.57. The molecule has 5 rings (SSSR count). The van der Waals surface area contributed by atoms with Crippen LogP contribution in [0.15, 0.2) is 49.3 Å². The van der Waals surface area contributed by atoms with E-state index in [1.165, 1.54) is 0 Å². The normalized spacial score (nSPS) is 16.0. The zero-order valence-corrected chi connectivity index (χ0v) is 15.6. The third kappa shape index (κ3) is 3.24. The summed E-state index contributed by atoms with van der Waals surface area (Å²) in [6.07, 6.45) is 8.82. The van der Waals surface area contributed by atoms with Gasteiger partial charge in [-0.25, -0.2) is 19.6 Å². The van der Waals surface area contributed by atoms with Crippen molar-refractivity contribution in [2.24, 2.45) is 0 Å². The third-order valence-corrected chi connectivity index (χ3v) is 5.07. The largest absolute Gasteiger partial charge is 0.379 e. The molecule has 29 heavy (non-hydrogen) atoms. The molecule has 1 atom stereocenters. The summed E-state index contributed by atoms with van der Waals surface area (Å²) in [5.41, 5.74) is 4.30. The highest BCUT2D eigenvalue weighted by Gasteiger charge is 2.22. The maximum Gasteiger partial charge on any atom is 0.157 e. The molecule has 9 nitrogen and oxygen atoms in total. The lowest BCUT2D eigenvalue weighted by atomic mass is 10.1. The lowest BCUT2D eigenvalue weighted by Gasteiger charge is -2.30. The van der Waals surface area contributed by atoms with Crippen LogP contribution in [-0.2, 0) is 4.74 Å². The summed E-state index contributed by atoms with van der Waals surface area (Å²) in [5.74, 6) is 0.686. The van der Waals surface area contributed by atoms with Crippen molar-refractivity contribution in [3.63, 3.8) is 0 Å². The molecule has 144 valence electrons. The number of morpholine rings is 1. The second kappa shape index (κ2) is 7.43. The van der Waals surface area contributed by atoms with Crippen LogP contribution in [0, 0.1) is 11.3 Å². The number of ether oxygens (including phenoxy) is 1. The summed E-state index contributed by atoms with van der Waals surface area (Å²) in [5, 5.41) is 14.1. The van der Waals surface area contributed by atoms with E-state index >= 15 is 0 Å². The number of aromatic amines is 1. The molecule has 1 fully saturated rings. The van der Waals surface area contributed by atoms with Gasteiger partial charge in [0, 0.05) is 48.4 Å². The Morgan fingerprint density at radius 1 is 1.10 bits per heavy atom. The van der Waals surface area contributed by atoms with Crippen LogP contribution in [0.2, 0.25) is 0 Å². The maximum atomic E-state index is 9.62. The van der Waals surface area contributed by atoms with Gasteiger partial charge >= 0.3 is 0 Å². The Bertz CT molecular complexity index is 1170. The molecule has 4 aromatic rings. The molecule has 1 unspecified atom stereocenters. The summed E-state index contributed by atoms with van der Waals surface area (Å²) in [6.45, 7) is 2.79. The van der Waals surface area contributed by atoms with Crippen molar-refractivity contribution in [2.75, 3.05) is 26.3 Å². The molecule has 1 aliphatic heterocycles. The van der Waals surface area contributed by atoms with Crippen LogP contribution in [0.4, 0.5) is 0 Å². The molecular weight excluding hydrogens is 368 g/mol. The molecule has 9 heteroatoms. The van der Waals surface area contributed by atoms with Crippen LogP contribution >= 0.6 is 0 Å². The minimum absolute atomic E-state index is 0.321. The van der Waals surface area contributed by atoms with E-state index in [1.54, 1.807) is 29.6 Å². The van der Waals surface area contributed by atoms with Gasteiger partial charge < -0.3 is 9.72 Å². The average Bonchev–Trinajstić information content (AvgIpc) is 3.45. The number of nitrogens with zero attached hydrogens (tertiary/aromatic N) is 7. The Kier molecular flexibility index (Phi) is 4.48. The van der Waals surface area contributed by atoms with E-state index in [0.717, 1.165) is 40.9 Å². The first-order chi connectivity index (χ1) is 14.3. The van der Waals surface area contributed by atoms with Crippen molar-refractivity contribution in [1.29, 1.82) is 5.26 Å². The quantitative estimate of drug-likeness (QED) is 0.572. The van der Waals surface area contributed by atoms with Gasteiger partial charge in [0.25, 0.3) is 0 Å². The second-order valence-corrected chi connectivity index (χ2v) is 6.76. The van der Waals surface area contributed by atoms with Gasteiger partial charge in [-0.1, -0.05) is 6.07 Å². The number of hydrogen-bond donors (Lipinski definition) is 1. The third-order valence-electron chi connectivity index (χ3n) is 5.07. The molecule has 0 saturated carbocycles. The highest BCUT2D eigenvalue weighted by molar-refractivity contribution is 5.88. The molecule has 1 saturated heterocycles. The van der Waals surface area contributed by atoms with Crippen LogP contribution in [0.5, 0.6) is 0 Å². The average molecular weight is 386 g/mol. The van der Waals surface area contributed by atoms with Gasteiger partial charge in [0.05, 0.1) is 31.8 Å². The Balaban J connectivity index is 1.41. The first-order valence-corrected chi connectivity index (χ1v) is 9.34. The van der Waals surface area contributed by atoms with Gasteiger partial charge in [0.1, 0.15) is 11.6 Å². The van der Waals surface area contributed by atoms with Gasteiger partial charge in [-0.3, -0.25) is 4.90 Å². The van der Waals surface area contributed by atoms with E-state index in [2.05, 4.69) is 36.0 Å². The number of H-pyrrole nitrogens is 1. The number of aromatic nitrogens is 6. The minimum Gasteiger partial charge on any atom is -0.379 e. The highest BCUT2D eigenvalue weighted by atomic mass is 16.5. The smallest absolute Gasteiger partial charge is 0.157 e. The van der Waals surface area contributed by atoms with Crippen molar-refractivity contribution < 1.29 is 4.74 Å². The van der Waals surface area contributed by atoms with Gasteiger partial charge in [0.15, 0.2) is 11.5 Å². The SMILES string of the molecule is N#CC(c1ccc(-n2cc(-c3ccnc4[nH]cnc34)cn2)nc1)N1CCOCC1. The standard InChI is InChI=1S/C20H18N8O/c21-9-17(27-5-7-29-8-6-27)14-1-2-18(23-10-14)28-12-15(11-26-28)16-3-4-22-20-19(16)24-13-25-20/h1-4,10-13,17H,5-8H2,(H,22,24,25). The Hall–Kier alpha value is -3.61. The van der Waals surface area contributed by atoms with E-state index in [9.17, 15) is 5.26 Å². The predicted octanol–water partition coefficient (Wildman–Crippen LogP) is 2.10. The molecule has 4 aromatic heterocycles. The predicted molar refractivity (Wildman–Crippen MR) is 105 cm³/mol. The topological polar surface area (TPSA) is 109 Å². The van der Waals surface area contributed by atoms with Crippen LogP contribution in [-0.4, -0.2) is 60.9 Å². The van der Waals surface area contributed by atoms with E-state index in [-0.39, 0.29) is 6.04 Å². The minimum atomic E-state index is -0.321. The molecule has 1 N–H and O–H groups in total. The molecule has 1 aliphatic rings. The number of pyridine rings is 2. The van der Waals surface area contributed by atoms with E-state index in [4.69, 9.17) is 4.74 Å². The highest BCUT2D eigenvalue weighted by Crippen LogP contribution is 2.26. The number of rotatable bonds is 4. The molecular formula is C20H18N8O. The van der Waals surface area contributed by atoms with Crippen LogP contribution in [0.3, 0.4) is 0 Å². The number of fused-ring (bicyclic) bond motifs is 1. The summed E-state index contributed by atoms with van der Waals surface area (Å²) in [7, 11) is 0. The summed E-state index contributed by atoms with van der Waals surface area (Å²) in [6, 6.07) is 7.79. The molecule has 0 aliphatic carbocycles. The summed E-state index contributed by atoms with van der Waals surface area (Å²) in [4.78, 5) is 18.3. The number of imidazole rings is 1. The molecule has 0 amide bonds. The van der Waals surface area contributed by atoms with Crippen molar-refractivity contribution in [1.82, 2.24) is 34.6 Å². The molecule has 5 heterocycles. The summed E-state index contributed by atoms with van der Waals surface area (Å²) < 4.78 is 7.10. The lowest BCUT2D eigenvalue weighted by molar-refractivity contribution is 0.0266.